The molecule has 4 aromatic rings. The predicted octanol–water partition coefficient (Wildman–Crippen LogP) is 2.43. The molecule has 5 rings (SSSR count). The van der Waals surface area contributed by atoms with Crippen molar-refractivity contribution >= 4 is 27.5 Å². The van der Waals surface area contributed by atoms with Crippen LogP contribution in [0.5, 0.6) is 0 Å². The van der Waals surface area contributed by atoms with Crippen molar-refractivity contribution in [1.29, 1.82) is 0 Å². The van der Waals surface area contributed by atoms with E-state index in [1.54, 1.807) is 23.0 Å². The van der Waals surface area contributed by atoms with Gasteiger partial charge in [0.05, 0.1) is 10.5 Å². The van der Waals surface area contributed by atoms with Crippen molar-refractivity contribution in [2.75, 3.05) is 6.54 Å². The summed E-state index contributed by atoms with van der Waals surface area (Å²) in [6.45, 7) is 2.67. The van der Waals surface area contributed by atoms with Gasteiger partial charge in [-0.2, -0.15) is 10.3 Å². The maximum Gasteiger partial charge on any atom is 0.274 e. The molecule has 9 nitrogen and oxygen atoms in total. The molecule has 1 amide bonds. The van der Waals surface area contributed by atoms with Crippen LogP contribution in [0, 0.1) is 0 Å². The molecule has 28 heavy (non-hydrogen) atoms. The number of hydrogen-bond acceptors (Lipinski definition) is 6. The fraction of sp³-hybridized carbons (Fsp3) is 0.222. The van der Waals surface area contributed by atoms with Gasteiger partial charge < -0.3 is 4.90 Å². The zero-order valence-corrected chi connectivity index (χ0v) is 16.5. The second-order valence-corrected chi connectivity index (χ2v) is 7.59. The van der Waals surface area contributed by atoms with Crippen LogP contribution >= 0.6 is 15.9 Å². The van der Waals surface area contributed by atoms with Crippen LogP contribution in [0.25, 0.3) is 17.0 Å². The van der Waals surface area contributed by atoms with E-state index in [-0.39, 0.29) is 11.9 Å². The van der Waals surface area contributed by atoms with Crippen LogP contribution in [0.3, 0.4) is 0 Å². The lowest BCUT2D eigenvalue weighted by Crippen LogP contribution is -2.39. The molecule has 3 aromatic heterocycles. The van der Waals surface area contributed by atoms with Gasteiger partial charge in [-0.1, -0.05) is 12.1 Å². The second-order valence-electron chi connectivity index (χ2n) is 6.68. The Hall–Kier alpha value is -3.14. The molecule has 0 saturated heterocycles. The number of benzene rings is 1. The third kappa shape index (κ3) is 2.76. The largest absolute Gasteiger partial charge is 0.330 e. The molecule has 0 spiro atoms. The first-order valence-corrected chi connectivity index (χ1v) is 9.58. The number of H-pyrrole nitrogens is 1. The smallest absolute Gasteiger partial charge is 0.274 e. The predicted molar refractivity (Wildman–Crippen MR) is 103 cm³/mol. The van der Waals surface area contributed by atoms with E-state index in [1.807, 2.05) is 24.0 Å². The minimum atomic E-state index is -0.107. The van der Waals surface area contributed by atoms with E-state index in [0.717, 1.165) is 22.0 Å². The van der Waals surface area contributed by atoms with E-state index in [9.17, 15) is 4.79 Å². The number of nitrogens with zero attached hydrogens (tertiary/aromatic N) is 7. The number of hydrogen-bond donors (Lipinski definition) is 1. The third-order valence-corrected chi connectivity index (χ3v) is 5.46. The average Bonchev–Trinajstić information content (AvgIpc) is 3.37. The Kier molecular flexibility index (Phi) is 3.93. The molecule has 1 atom stereocenters. The number of nitrogens with one attached hydrogen (secondary N) is 1. The number of carbonyl (C=O) groups is 1. The van der Waals surface area contributed by atoms with Crippen molar-refractivity contribution in [3.63, 3.8) is 0 Å². The number of aromatic nitrogens is 7. The molecule has 140 valence electrons. The topological polar surface area (TPSA) is 105 Å². The van der Waals surface area contributed by atoms with Crippen LogP contribution in [-0.2, 0) is 6.42 Å². The molecule has 1 N–H and O–H groups in total. The van der Waals surface area contributed by atoms with Gasteiger partial charge in [0.15, 0.2) is 11.3 Å². The molecule has 1 aliphatic rings. The van der Waals surface area contributed by atoms with Crippen LogP contribution in [0.15, 0.2) is 41.1 Å². The van der Waals surface area contributed by atoms with Crippen molar-refractivity contribution in [2.45, 2.75) is 19.4 Å². The normalized spacial score (nSPS) is 16.4. The summed E-state index contributed by atoms with van der Waals surface area (Å²) in [5, 5.41) is 18.6. The maximum absolute atomic E-state index is 13.2. The van der Waals surface area contributed by atoms with E-state index in [2.05, 4.69) is 52.7 Å². The number of tetrazole rings is 1. The van der Waals surface area contributed by atoms with Crippen LogP contribution in [0.1, 0.15) is 34.6 Å². The maximum atomic E-state index is 13.2. The molecular weight excluding hydrogens is 424 g/mol. The van der Waals surface area contributed by atoms with E-state index in [0.29, 0.717) is 23.7 Å². The van der Waals surface area contributed by atoms with Gasteiger partial charge in [-0.05, 0) is 51.7 Å². The zero-order valence-electron chi connectivity index (χ0n) is 14.9. The van der Waals surface area contributed by atoms with E-state index in [1.165, 1.54) is 5.56 Å². The van der Waals surface area contributed by atoms with E-state index >= 15 is 0 Å². The van der Waals surface area contributed by atoms with E-state index < -0.39 is 0 Å². The van der Waals surface area contributed by atoms with Gasteiger partial charge >= 0.3 is 0 Å². The number of aromatic amines is 1. The Labute approximate surface area is 167 Å². The molecule has 1 aromatic carbocycles. The van der Waals surface area contributed by atoms with Gasteiger partial charge in [0.2, 0.25) is 5.82 Å². The van der Waals surface area contributed by atoms with Gasteiger partial charge in [-0.25, -0.2) is 9.50 Å². The summed E-state index contributed by atoms with van der Waals surface area (Å²) in [6, 6.07) is 7.72. The number of fused-ring (bicyclic) bond motifs is 2. The van der Waals surface area contributed by atoms with Gasteiger partial charge in [0.25, 0.3) is 5.91 Å². The molecule has 0 aliphatic carbocycles. The lowest BCUT2D eigenvalue weighted by Gasteiger charge is -2.35. The number of carbonyl (C=O) groups excluding carboxylic acids is 1. The average molecular weight is 439 g/mol. The molecule has 0 bridgehead atoms. The van der Waals surface area contributed by atoms with Crippen LogP contribution < -0.4 is 0 Å². The molecule has 4 heterocycles. The summed E-state index contributed by atoms with van der Waals surface area (Å²) in [6.07, 6.45) is 4.25. The lowest BCUT2D eigenvalue weighted by molar-refractivity contribution is 0.0671. The van der Waals surface area contributed by atoms with Crippen LogP contribution in [0.2, 0.25) is 0 Å². The first-order chi connectivity index (χ1) is 13.6. The lowest BCUT2D eigenvalue weighted by atomic mass is 9.91. The summed E-state index contributed by atoms with van der Waals surface area (Å²) in [4.78, 5) is 19.3. The quantitative estimate of drug-likeness (QED) is 0.515. The van der Waals surface area contributed by atoms with Gasteiger partial charge in [-0.3, -0.25) is 4.79 Å². The Morgan fingerprint density at radius 2 is 2.21 bits per heavy atom. The highest BCUT2D eigenvalue weighted by molar-refractivity contribution is 9.10. The summed E-state index contributed by atoms with van der Waals surface area (Å²) < 4.78 is 2.41. The molecular formula is C18H15BrN8O. The Bertz CT molecular complexity index is 1190. The molecule has 0 fully saturated rings. The highest BCUT2D eigenvalue weighted by Gasteiger charge is 2.30. The fourth-order valence-corrected chi connectivity index (χ4v) is 3.92. The Morgan fingerprint density at radius 1 is 1.32 bits per heavy atom. The van der Waals surface area contributed by atoms with Crippen LogP contribution in [-0.4, -0.2) is 52.6 Å². The van der Waals surface area contributed by atoms with Gasteiger partial charge in [0, 0.05) is 30.6 Å². The molecule has 0 saturated carbocycles. The van der Waals surface area contributed by atoms with Crippen molar-refractivity contribution < 1.29 is 4.79 Å². The summed E-state index contributed by atoms with van der Waals surface area (Å²) >= 11 is 3.37. The first kappa shape index (κ1) is 17.0. The molecule has 1 unspecified atom stereocenters. The SMILES string of the molecule is CC1c2cc(-c3nn[nH]n3)ccc2CCN1C(=O)c1cc2ncc(Br)cn2n1. The number of rotatable bonds is 2. The number of halogens is 1. The zero-order chi connectivity index (χ0) is 19.3. The van der Waals surface area contributed by atoms with Crippen molar-refractivity contribution in [3.8, 4) is 11.4 Å². The van der Waals surface area contributed by atoms with Crippen molar-refractivity contribution in [3.05, 3.63) is 58.0 Å². The molecule has 10 heteroatoms. The monoisotopic (exact) mass is 438 g/mol. The Balaban J connectivity index is 1.48. The summed E-state index contributed by atoms with van der Waals surface area (Å²) in [5.74, 6) is 0.431. The van der Waals surface area contributed by atoms with Crippen LogP contribution in [0.4, 0.5) is 0 Å². The van der Waals surface area contributed by atoms with Gasteiger partial charge in [-0.15, -0.1) is 10.2 Å². The standard InChI is InChI=1S/C18H15BrN8O/c1-10-14-6-12(17-21-24-25-22-17)3-2-11(14)4-5-26(10)18(28)15-7-16-20-8-13(19)9-27(16)23-15/h2-3,6-10H,4-5H2,1H3,(H,21,22,24,25). The second kappa shape index (κ2) is 6.48. The first-order valence-electron chi connectivity index (χ1n) is 8.79. The van der Waals surface area contributed by atoms with Gasteiger partial charge in [0.1, 0.15) is 0 Å². The highest BCUT2D eigenvalue weighted by atomic mass is 79.9. The number of amides is 1. The Morgan fingerprint density at radius 3 is 3.04 bits per heavy atom. The third-order valence-electron chi connectivity index (χ3n) is 5.05. The minimum absolute atomic E-state index is 0.0902. The minimum Gasteiger partial charge on any atom is -0.330 e. The highest BCUT2D eigenvalue weighted by Crippen LogP contribution is 2.33. The molecule has 1 aliphatic heterocycles. The molecule has 0 radical (unpaired) electrons. The fourth-order valence-electron chi connectivity index (χ4n) is 3.62. The van der Waals surface area contributed by atoms with Crippen molar-refractivity contribution in [1.82, 2.24) is 40.1 Å². The summed E-state index contributed by atoms with van der Waals surface area (Å²) in [7, 11) is 0. The van der Waals surface area contributed by atoms with Crippen molar-refractivity contribution in [2.24, 2.45) is 0 Å². The summed E-state index contributed by atoms with van der Waals surface area (Å²) in [5.41, 5.74) is 4.21. The van der Waals surface area contributed by atoms with E-state index in [4.69, 9.17) is 0 Å².